The van der Waals surface area contributed by atoms with Gasteiger partial charge in [0.1, 0.15) is 0 Å². The normalized spacial score (nSPS) is 10.8. The Kier molecular flexibility index (Phi) is 2.56. The molecule has 0 bridgehead atoms. The highest BCUT2D eigenvalue weighted by atomic mass is 16.3. The van der Waals surface area contributed by atoms with Crippen molar-refractivity contribution in [1.82, 2.24) is 4.57 Å². The first-order valence-electron chi connectivity index (χ1n) is 4.94. The number of aryl methyl sites for hydroxylation is 1. The van der Waals surface area contributed by atoms with Gasteiger partial charge in [-0.15, -0.1) is 0 Å². The molecule has 0 saturated heterocycles. The van der Waals surface area contributed by atoms with Crippen LogP contribution in [-0.2, 0) is 6.54 Å². The summed E-state index contributed by atoms with van der Waals surface area (Å²) in [6, 6.07) is 9.34. The minimum Gasteiger partial charge on any atom is -0.395 e. The minimum atomic E-state index is -0.0553. The number of aliphatic hydroxyl groups is 1. The molecule has 0 atom stereocenters. The lowest BCUT2D eigenvalue weighted by Gasteiger charge is -2.10. The van der Waals surface area contributed by atoms with Crippen LogP contribution in [0.2, 0.25) is 0 Å². The molecule has 0 aliphatic heterocycles. The number of aliphatic hydroxyl groups excluding tert-OH is 1. The van der Waals surface area contributed by atoms with Crippen molar-refractivity contribution in [3.63, 3.8) is 0 Å². The lowest BCUT2D eigenvalue weighted by molar-refractivity contribution is 0.276. The fourth-order valence-corrected chi connectivity index (χ4v) is 1.83. The maximum atomic E-state index is 11.7. The predicted molar refractivity (Wildman–Crippen MR) is 60.0 cm³/mol. The number of para-hydroxylation sites is 1. The second kappa shape index (κ2) is 3.87. The van der Waals surface area contributed by atoms with E-state index in [4.69, 9.17) is 5.11 Å². The molecule has 0 aliphatic rings. The molecule has 0 unspecified atom stereocenters. The van der Waals surface area contributed by atoms with Gasteiger partial charge in [0.05, 0.1) is 12.1 Å². The van der Waals surface area contributed by atoms with Crippen molar-refractivity contribution in [2.24, 2.45) is 0 Å². The van der Waals surface area contributed by atoms with E-state index in [1.807, 2.05) is 31.2 Å². The number of nitrogens with zero attached hydrogens (tertiary/aromatic N) is 1. The molecule has 0 aliphatic carbocycles. The summed E-state index contributed by atoms with van der Waals surface area (Å²) in [5.41, 5.74) is 1.81. The molecule has 2 aromatic rings. The number of rotatable bonds is 2. The van der Waals surface area contributed by atoms with E-state index in [1.54, 1.807) is 10.6 Å². The van der Waals surface area contributed by atoms with Crippen LogP contribution in [0.3, 0.4) is 0 Å². The Labute approximate surface area is 87.6 Å². The number of hydrogen-bond acceptors (Lipinski definition) is 2. The van der Waals surface area contributed by atoms with Crippen molar-refractivity contribution in [2.45, 2.75) is 13.5 Å². The van der Waals surface area contributed by atoms with E-state index in [9.17, 15) is 4.79 Å². The molecule has 1 aromatic carbocycles. The van der Waals surface area contributed by atoms with E-state index < -0.39 is 0 Å². The van der Waals surface area contributed by atoms with Gasteiger partial charge in [-0.2, -0.15) is 0 Å². The third-order valence-corrected chi connectivity index (χ3v) is 2.55. The summed E-state index contributed by atoms with van der Waals surface area (Å²) in [5, 5.41) is 9.97. The van der Waals surface area contributed by atoms with E-state index in [0.29, 0.717) is 6.54 Å². The quantitative estimate of drug-likeness (QED) is 0.799. The lowest BCUT2D eigenvalue weighted by Crippen LogP contribution is -2.21. The molecule has 0 radical (unpaired) electrons. The van der Waals surface area contributed by atoms with Gasteiger partial charge in [0.25, 0.3) is 5.56 Å². The standard InChI is InChI=1S/C12H13NO2/c1-9-8-12(15)13(6-7-14)11-5-3-2-4-10(9)11/h2-5,8,14H,6-7H2,1H3. The molecule has 1 N–H and O–H groups in total. The fourth-order valence-electron chi connectivity index (χ4n) is 1.83. The Bertz CT molecular complexity index is 543. The van der Waals surface area contributed by atoms with Gasteiger partial charge in [0, 0.05) is 18.0 Å². The van der Waals surface area contributed by atoms with Crippen LogP contribution < -0.4 is 5.56 Å². The Hall–Kier alpha value is -1.61. The van der Waals surface area contributed by atoms with Crippen LogP contribution >= 0.6 is 0 Å². The first kappa shape index (κ1) is 9.93. The van der Waals surface area contributed by atoms with E-state index in [1.165, 1.54) is 0 Å². The number of aromatic nitrogens is 1. The average molecular weight is 203 g/mol. The van der Waals surface area contributed by atoms with Crippen molar-refractivity contribution in [1.29, 1.82) is 0 Å². The summed E-state index contributed by atoms with van der Waals surface area (Å²) < 4.78 is 1.60. The summed E-state index contributed by atoms with van der Waals surface area (Å²) in [7, 11) is 0. The van der Waals surface area contributed by atoms with Crippen molar-refractivity contribution < 1.29 is 5.11 Å². The first-order chi connectivity index (χ1) is 7.24. The van der Waals surface area contributed by atoms with E-state index in [-0.39, 0.29) is 12.2 Å². The SMILES string of the molecule is Cc1cc(=O)n(CCO)c2ccccc12. The van der Waals surface area contributed by atoms with Gasteiger partial charge in [-0.3, -0.25) is 4.79 Å². The van der Waals surface area contributed by atoms with Gasteiger partial charge >= 0.3 is 0 Å². The number of pyridine rings is 1. The van der Waals surface area contributed by atoms with Gasteiger partial charge in [-0.1, -0.05) is 18.2 Å². The Morgan fingerprint density at radius 1 is 1.33 bits per heavy atom. The van der Waals surface area contributed by atoms with Crippen molar-refractivity contribution in [2.75, 3.05) is 6.61 Å². The summed E-state index contributed by atoms with van der Waals surface area (Å²) >= 11 is 0. The maximum absolute atomic E-state index is 11.7. The average Bonchev–Trinajstić information content (AvgIpc) is 2.24. The molecular weight excluding hydrogens is 190 g/mol. The van der Waals surface area contributed by atoms with Crippen LogP contribution in [0, 0.1) is 6.92 Å². The van der Waals surface area contributed by atoms with Gasteiger partial charge in [-0.05, 0) is 18.6 Å². The predicted octanol–water partition coefficient (Wildman–Crippen LogP) is 1.30. The highest BCUT2D eigenvalue weighted by Gasteiger charge is 2.04. The van der Waals surface area contributed by atoms with Crippen molar-refractivity contribution in [3.05, 3.63) is 46.2 Å². The van der Waals surface area contributed by atoms with E-state index in [2.05, 4.69) is 0 Å². The molecule has 2 rings (SSSR count). The lowest BCUT2D eigenvalue weighted by atomic mass is 10.1. The minimum absolute atomic E-state index is 0.0209. The number of benzene rings is 1. The summed E-state index contributed by atoms with van der Waals surface area (Å²) in [6.45, 7) is 2.25. The molecule has 0 spiro atoms. The van der Waals surface area contributed by atoms with Crippen LogP contribution in [0.1, 0.15) is 5.56 Å². The molecule has 1 aromatic heterocycles. The maximum Gasteiger partial charge on any atom is 0.251 e. The molecule has 1 heterocycles. The monoisotopic (exact) mass is 203 g/mol. The van der Waals surface area contributed by atoms with Crippen LogP contribution in [0.15, 0.2) is 35.1 Å². The molecule has 78 valence electrons. The van der Waals surface area contributed by atoms with Crippen LogP contribution in [0.4, 0.5) is 0 Å². The Morgan fingerprint density at radius 2 is 2.07 bits per heavy atom. The largest absolute Gasteiger partial charge is 0.395 e. The fraction of sp³-hybridized carbons (Fsp3) is 0.250. The van der Waals surface area contributed by atoms with Crippen LogP contribution in [0.5, 0.6) is 0 Å². The zero-order valence-electron chi connectivity index (χ0n) is 8.60. The first-order valence-corrected chi connectivity index (χ1v) is 4.94. The molecule has 0 fully saturated rings. The van der Waals surface area contributed by atoms with Gasteiger partial charge in [-0.25, -0.2) is 0 Å². The molecule has 3 heteroatoms. The van der Waals surface area contributed by atoms with Crippen LogP contribution in [-0.4, -0.2) is 16.3 Å². The highest BCUT2D eigenvalue weighted by molar-refractivity contribution is 5.82. The molecule has 0 amide bonds. The molecule has 0 saturated carbocycles. The van der Waals surface area contributed by atoms with Crippen molar-refractivity contribution in [3.8, 4) is 0 Å². The van der Waals surface area contributed by atoms with Gasteiger partial charge in [0.2, 0.25) is 0 Å². The number of fused-ring (bicyclic) bond motifs is 1. The van der Waals surface area contributed by atoms with E-state index in [0.717, 1.165) is 16.5 Å². The summed E-state index contributed by atoms with van der Waals surface area (Å²) in [5.74, 6) is 0. The Morgan fingerprint density at radius 3 is 2.80 bits per heavy atom. The second-order valence-electron chi connectivity index (χ2n) is 3.56. The Balaban J connectivity index is 2.83. The van der Waals surface area contributed by atoms with Gasteiger partial charge < -0.3 is 9.67 Å². The highest BCUT2D eigenvalue weighted by Crippen LogP contribution is 2.15. The topological polar surface area (TPSA) is 42.2 Å². The second-order valence-corrected chi connectivity index (χ2v) is 3.56. The van der Waals surface area contributed by atoms with Crippen molar-refractivity contribution >= 4 is 10.9 Å². The molecular formula is C12H13NO2. The third kappa shape index (κ3) is 1.66. The molecule has 15 heavy (non-hydrogen) atoms. The van der Waals surface area contributed by atoms with E-state index >= 15 is 0 Å². The summed E-state index contributed by atoms with van der Waals surface area (Å²) in [6.07, 6.45) is 0. The zero-order chi connectivity index (χ0) is 10.8. The molecule has 3 nitrogen and oxygen atoms in total. The van der Waals surface area contributed by atoms with Crippen LogP contribution in [0.25, 0.3) is 10.9 Å². The zero-order valence-corrected chi connectivity index (χ0v) is 8.60. The summed E-state index contributed by atoms with van der Waals surface area (Å²) in [4.78, 5) is 11.7. The number of hydrogen-bond donors (Lipinski definition) is 1. The van der Waals surface area contributed by atoms with Gasteiger partial charge in [0.15, 0.2) is 0 Å². The smallest absolute Gasteiger partial charge is 0.251 e. The third-order valence-electron chi connectivity index (χ3n) is 2.55.